The molecule has 3 heterocycles. The van der Waals surface area contributed by atoms with Crippen molar-refractivity contribution in [3.05, 3.63) is 76.1 Å². The Kier molecular flexibility index (Phi) is 6.18. The van der Waals surface area contributed by atoms with E-state index in [0.29, 0.717) is 29.9 Å². The number of hydrogen-bond donors (Lipinski definition) is 1. The molecule has 2 amide bonds. The quantitative estimate of drug-likeness (QED) is 0.403. The summed E-state index contributed by atoms with van der Waals surface area (Å²) in [6, 6.07) is 13.6. The van der Waals surface area contributed by atoms with Gasteiger partial charge in [-0.25, -0.2) is 4.98 Å². The molecule has 174 valence electrons. The molecule has 34 heavy (non-hydrogen) atoms. The van der Waals surface area contributed by atoms with Crippen LogP contribution >= 0.6 is 23.1 Å². The second-order valence-electron chi connectivity index (χ2n) is 8.41. The van der Waals surface area contributed by atoms with Gasteiger partial charge in [-0.15, -0.1) is 23.1 Å². The molecule has 1 aliphatic heterocycles. The summed E-state index contributed by atoms with van der Waals surface area (Å²) >= 11 is 3.22. The standard InChI is InChI=1S/C26H25N3O3S2/c1-15-6-4-7-18(12-15)24-23(28-17(3)34-24)26(31)29-10-11-33-21(29)13-27-25(30)19-8-5-9-20-22(19)16(2)14-32-20/h4-9,12,14,21H,10-11,13H2,1-3H3,(H,27,30). The minimum atomic E-state index is -0.167. The lowest BCUT2D eigenvalue weighted by Crippen LogP contribution is -2.42. The number of carbonyl (C=O) groups excluding carboxylic acids is 2. The van der Waals surface area contributed by atoms with Crippen molar-refractivity contribution < 1.29 is 14.0 Å². The summed E-state index contributed by atoms with van der Waals surface area (Å²) in [7, 11) is 0. The zero-order chi connectivity index (χ0) is 23.8. The molecule has 5 rings (SSSR count). The number of rotatable bonds is 5. The first-order valence-electron chi connectivity index (χ1n) is 11.1. The number of aromatic nitrogens is 1. The van der Waals surface area contributed by atoms with Gasteiger partial charge in [0.25, 0.3) is 11.8 Å². The molecule has 0 bridgehead atoms. The number of amides is 2. The lowest BCUT2D eigenvalue weighted by atomic mass is 10.1. The smallest absolute Gasteiger partial charge is 0.274 e. The minimum absolute atomic E-state index is 0.0853. The summed E-state index contributed by atoms with van der Waals surface area (Å²) in [6.07, 6.45) is 1.66. The molecule has 8 heteroatoms. The Morgan fingerprint density at radius 2 is 2.00 bits per heavy atom. The molecule has 2 aromatic carbocycles. The fourth-order valence-corrected chi connectivity index (χ4v) is 6.39. The average Bonchev–Trinajstić information content (AvgIpc) is 3.55. The van der Waals surface area contributed by atoms with Crippen molar-refractivity contribution in [3.8, 4) is 10.4 Å². The number of aryl methyl sites for hydroxylation is 3. The largest absolute Gasteiger partial charge is 0.464 e. The number of furan rings is 1. The SMILES string of the molecule is Cc1cccc(-c2sc(C)nc2C(=O)N2CCSC2CNC(=O)c2cccc3occ(C)c23)c1. The molecule has 1 fully saturated rings. The Labute approximate surface area is 206 Å². The zero-order valence-electron chi connectivity index (χ0n) is 19.3. The molecule has 0 radical (unpaired) electrons. The van der Waals surface area contributed by atoms with Crippen LogP contribution in [0.25, 0.3) is 21.4 Å². The summed E-state index contributed by atoms with van der Waals surface area (Å²) < 4.78 is 5.53. The fourth-order valence-electron chi connectivity index (χ4n) is 4.32. The minimum Gasteiger partial charge on any atom is -0.464 e. The van der Waals surface area contributed by atoms with Gasteiger partial charge in [0.15, 0.2) is 0 Å². The Balaban J connectivity index is 1.34. The van der Waals surface area contributed by atoms with E-state index in [4.69, 9.17) is 4.42 Å². The lowest BCUT2D eigenvalue weighted by molar-refractivity contribution is 0.0747. The number of thiazole rings is 1. The van der Waals surface area contributed by atoms with E-state index in [1.165, 1.54) is 11.3 Å². The van der Waals surface area contributed by atoms with Crippen LogP contribution in [0.15, 0.2) is 53.1 Å². The molecular weight excluding hydrogens is 466 g/mol. The van der Waals surface area contributed by atoms with Gasteiger partial charge >= 0.3 is 0 Å². The molecule has 1 aliphatic rings. The summed E-state index contributed by atoms with van der Waals surface area (Å²) in [6.45, 7) is 6.89. The van der Waals surface area contributed by atoms with E-state index >= 15 is 0 Å². The van der Waals surface area contributed by atoms with Crippen LogP contribution in [-0.4, -0.2) is 45.9 Å². The molecule has 1 saturated heterocycles. The van der Waals surface area contributed by atoms with Crippen LogP contribution in [0.4, 0.5) is 0 Å². The summed E-state index contributed by atoms with van der Waals surface area (Å²) in [4.78, 5) is 33.9. The number of nitrogens with one attached hydrogen (secondary N) is 1. The molecule has 4 aromatic rings. The van der Waals surface area contributed by atoms with Crippen LogP contribution in [-0.2, 0) is 0 Å². The second kappa shape index (κ2) is 9.27. The van der Waals surface area contributed by atoms with E-state index in [-0.39, 0.29) is 17.2 Å². The molecule has 6 nitrogen and oxygen atoms in total. The number of hydrogen-bond acceptors (Lipinski definition) is 6. The fraction of sp³-hybridized carbons (Fsp3) is 0.269. The van der Waals surface area contributed by atoms with Crippen molar-refractivity contribution in [2.45, 2.75) is 26.1 Å². The molecule has 0 aliphatic carbocycles. The number of carbonyl (C=O) groups is 2. The zero-order valence-corrected chi connectivity index (χ0v) is 20.9. The van der Waals surface area contributed by atoms with Crippen molar-refractivity contribution in [1.29, 1.82) is 0 Å². The van der Waals surface area contributed by atoms with Crippen molar-refractivity contribution in [3.63, 3.8) is 0 Å². The Hall–Kier alpha value is -3.10. The van der Waals surface area contributed by atoms with Crippen LogP contribution in [0.5, 0.6) is 0 Å². The molecule has 2 aromatic heterocycles. The third-order valence-electron chi connectivity index (χ3n) is 5.93. The maximum absolute atomic E-state index is 13.6. The molecule has 1 unspecified atom stereocenters. The first-order valence-corrected chi connectivity index (χ1v) is 13.0. The van der Waals surface area contributed by atoms with Crippen LogP contribution in [0, 0.1) is 20.8 Å². The summed E-state index contributed by atoms with van der Waals surface area (Å²) in [5.74, 6) is 0.573. The van der Waals surface area contributed by atoms with E-state index in [2.05, 4.69) is 16.4 Å². The molecular formula is C26H25N3O3S2. The molecule has 0 saturated carbocycles. The maximum atomic E-state index is 13.6. The average molecular weight is 492 g/mol. The number of thioether (sulfide) groups is 1. The maximum Gasteiger partial charge on any atom is 0.274 e. The van der Waals surface area contributed by atoms with Gasteiger partial charge in [0.2, 0.25) is 0 Å². The van der Waals surface area contributed by atoms with E-state index < -0.39 is 0 Å². The van der Waals surface area contributed by atoms with Crippen molar-refractivity contribution in [1.82, 2.24) is 15.2 Å². The number of fused-ring (bicyclic) bond motifs is 1. The Morgan fingerprint density at radius 1 is 1.18 bits per heavy atom. The van der Waals surface area contributed by atoms with Crippen LogP contribution in [0.1, 0.15) is 37.0 Å². The summed E-state index contributed by atoms with van der Waals surface area (Å²) in [5.41, 5.74) is 4.85. The van der Waals surface area contributed by atoms with Gasteiger partial charge in [0, 0.05) is 24.2 Å². The summed E-state index contributed by atoms with van der Waals surface area (Å²) in [5, 5.41) is 4.58. The van der Waals surface area contributed by atoms with Gasteiger partial charge in [0.05, 0.1) is 27.1 Å². The monoisotopic (exact) mass is 491 g/mol. The van der Waals surface area contributed by atoms with Gasteiger partial charge in [-0.2, -0.15) is 0 Å². The van der Waals surface area contributed by atoms with E-state index in [9.17, 15) is 9.59 Å². The van der Waals surface area contributed by atoms with Crippen LogP contribution in [0.3, 0.4) is 0 Å². The Bertz CT molecular complexity index is 1390. The van der Waals surface area contributed by atoms with Gasteiger partial charge < -0.3 is 14.6 Å². The van der Waals surface area contributed by atoms with Gasteiger partial charge in [-0.1, -0.05) is 35.9 Å². The van der Waals surface area contributed by atoms with E-state index in [1.54, 1.807) is 24.1 Å². The van der Waals surface area contributed by atoms with Crippen molar-refractivity contribution in [2.24, 2.45) is 0 Å². The lowest BCUT2D eigenvalue weighted by Gasteiger charge is -2.24. The van der Waals surface area contributed by atoms with E-state index in [1.807, 2.05) is 56.0 Å². The van der Waals surface area contributed by atoms with Crippen LogP contribution in [0.2, 0.25) is 0 Å². The highest BCUT2D eigenvalue weighted by molar-refractivity contribution is 8.00. The Morgan fingerprint density at radius 3 is 2.82 bits per heavy atom. The van der Waals surface area contributed by atoms with Crippen LogP contribution < -0.4 is 5.32 Å². The van der Waals surface area contributed by atoms with Gasteiger partial charge in [0.1, 0.15) is 11.3 Å². The first-order chi connectivity index (χ1) is 16.4. The third-order valence-corrected chi connectivity index (χ3v) is 8.18. The van der Waals surface area contributed by atoms with Crippen molar-refractivity contribution in [2.75, 3.05) is 18.8 Å². The van der Waals surface area contributed by atoms with Gasteiger partial charge in [-0.3, -0.25) is 9.59 Å². The molecule has 0 spiro atoms. The predicted molar refractivity (Wildman–Crippen MR) is 138 cm³/mol. The number of nitrogens with zero attached hydrogens (tertiary/aromatic N) is 2. The highest BCUT2D eigenvalue weighted by Crippen LogP contribution is 2.34. The topological polar surface area (TPSA) is 75.4 Å². The van der Waals surface area contributed by atoms with Gasteiger partial charge in [-0.05, 0) is 44.0 Å². The third kappa shape index (κ3) is 4.23. The second-order valence-corrected chi connectivity index (χ2v) is 10.9. The first kappa shape index (κ1) is 22.7. The highest BCUT2D eigenvalue weighted by atomic mass is 32.2. The molecule has 1 N–H and O–H groups in total. The van der Waals surface area contributed by atoms with Crippen molar-refractivity contribution >= 4 is 45.9 Å². The number of benzene rings is 2. The predicted octanol–water partition coefficient (Wildman–Crippen LogP) is 5.43. The molecule has 1 atom stereocenters. The normalized spacial score (nSPS) is 15.7. The van der Waals surface area contributed by atoms with E-state index in [0.717, 1.165) is 37.7 Å². The highest BCUT2D eigenvalue weighted by Gasteiger charge is 2.33.